The lowest BCUT2D eigenvalue weighted by Crippen LogP contribution is -2.37. The van der Waals surface area contributed by atoms with Crippen LogP contribution < -0.4 is 10.9 Å². The minimum Gasteiger partial charge on any atom is -0.504 e. The molecule has 0 aliphatic carbocycles. The summed E-state index contributed by atoms with van der Waals surface area (Å²) >= 11 is 5.91. The maximum atomic E-state index is 13.7. The molecule has 3 N–H and O–H groups in total. The van der Waals surface area contributed by atoms with Crippen molar-refractivity contribution in [2.45, 2.75) is 6.54 Å². The number of amides is 1. The number of fused-ring (bicyclic) bond motifs is 3. The van der Waals surface area contributed by atoms with E-state index in [4.69, 9.17) is 16.7 Å². The van der Waals surface area contributed by atoms with Gasteiger partial charge in [-0.2, -0.15) is 0 Å². The Balaban J connectivity index is 2.00. The summed E-state index contributed by atoms with van der Waals surface area (Å²) < 4.78 is 16.1. The van der Waals surface area contributed by atoms with Crippen molar-refractivity contribution < 1.29 is 24.2 Å². The molecule has 0 saturated carbocycles. The van der Waals surface area contributed by atoms with Gasteiger partial charge < -0.3 is 15.5 Å². The number of carbonyl (C=O) groups is 2. The standard InChI is InChI=1S/C20H14ClFN4O5/c21-11-3-1-10(2-4-11)9-25-20(31)16(19(30)23-8-15(27)28)17(29)18-24-13-7-12(22)5-6-14(13)26(18)25/h1-7,29H,8-9H2,(H,23,30)(H,27,28). The van der Waals surface area contributed by atoms with E-state index in [2.05, 4.69) is 10.3 Å². The number of aromatic nitrogens is 3. The number of nitrogens with one attached hydrogen (secondary N) is 1. The summed E-state index contributed by atoms with van der Waals surface area (Å²) in [7, 11) is 0. The first kappa shape index (κ1) is 20.4. The summed E-state index contributed by atoms with van der Waals surface area (Å²) in [6, 6.07) is 10.3. The quantitative estimate of drug-likeness (QED) is 0.432. The van der Waals surface area contributed by atoms with Gasteiger partial charge in [-0.25, -0.2) is 18.6 Å². The molecular formula is C20H14ClFN4O5. The highest BCUT2D eigenvalue weighted by molar-refractivity contribution is 6.30. The van der Waals surface area contributed by atoms with Crippen LogP contribution in [0.15, 0.2) is 47.3 Å². The molecule has 158 valence electrons. The SMILES string of the molecule is O=C(O)CNC(=O)c1c(O)c2nc3cc(F)ccc3n2n(Cc2ccc(Cl)cc2)c1=O. The molecule has 2 aromatic heterocycles. The predicted octanol–water partition coefficient (Wildman–Crippen LogP) is 2.01. The summed E-state index contributed by atoms with van der Waals surface area (Å²) in [6.45, 7) is -0.781. The molecule has 0 saturated heterocycles. The number of hydrogen-bond donors (Lipinski definition) is 3. The highest BCUT2D eigenvalue weighted by Gasteiger charge is 2.25. The highest BCUT2D eigenvalue weighted by atomic mass is 35.5. The lowest BCUT2D eigenvalue weighted by molar-refractivity contribution is -0.135. The molecular weight excluding hydrogens is 431 g/mol. The summed E-state index contributed by atoms with van der Waals surface area (Å²) in [4.78, 5) is 40.7. The van der Waals surface area contributed by atoms with E-state index in [-0.39, 0.29) is 17.7 Å². The van der Waals surface area contributed by atoms with Crippen molar-refractivity contribution >= 4 is 40.2 Å². The Morgan fingerprint density at radius 2 is 1.87 bits per heavy atom. The van der Waals surface area contributed by atoms with Gasteiger partial charge in [0.05, 0.1) is 17.6 Å². The van der Waals surface area contributed by atoms with Crippen LogP contribution in [0.2, 0.25) is 5.02 Å². The average Bonchev–Trinajstić information content (AvgIpc) is 3.10. The summed E-state index contributed by atoms with van der Waals surface area (Å²) in [5.74, 6) is -3.70. The van der Waals surface area contributed by atoms with E-state index in [1.165, 1.54) is 16.6 Å². The van der Waals surface area contributed by atoms with E-state index in [0.29, 0.717) is 16.1 Å². The topological polar surface area (TPSA) is 126 Å². The third-order valence-corrected chi connectivity index (χ3v) is 4.86. The fourth-order valence-electron chi connectivity index (χ4n) is 3.23. The third kappa shape index (κ3) is 3.68. The van der Waals surface area contributed by atoms with Crippen LogP contribution in [0.4, 0.5) is 4.39 Å². The first-order valence-corrected chi connectivity index (χ1v) is 9.32. The lowest BCUT2D eigenvalue weighted by atomic mass is 10.2. The third-order valence-electron chi connectivity index (χ3n) is 4.60. The van der Waals surface area contributed by atoms with Gasteiger partial charge in [0.2, 0.25) is 0 Å². The van der Waals surface area contributed by atoms with Crippen molar-refractivity contribution in [1.29, 1.82) is 0 Å². The average molecular weight is 445 g/mol. The molecule has 0 spiro atoms. The Morgan fingerprint density at radius 3 is 2.55 bits per heavy atom. The molecule has 0 fully saturated rings. The zero-order valence-electron chi connectivity index (χ0n) is 15.7. The van der Waals surface area contributed by atoms with Gasteiger partial charge in [-0.05, 0) is 29.8 Å². The molecule has 4 aromatic rings. The van der Waals surface area contributed by atoms with Crippen LogP contribution in [0.1, 0.15) is 15.9 Å². The number of rotatable bonds is 5. The number of carboxylic acid groups (broad SMARTS) is 1. The van der Waals surface area contributed by atoms with Crippen molar-refractivity contribution in [2.24, 2.45) is 0 Å². The predicted molar refractivity (Wildman–Crippen MR) is 109 cm³/mol. The van der Waals surface area contributed by atoms with Gasteiger partial charge in [0.15, 0.2) is 17.0 Å². The van der Waals surface area contributed by atoms with Gasteiger partial charge in [-0.1, -0.05) is 23.7 Å². The van der Waals surface area contributed by atoms with Gasteiger partial charge in [-0.15, -0.1) is 0 Å². The van der Waals surface area contributed by atoms with E-state index in [1.807, 2.05) is 0 Å². The maximum Gasteiger partial charge on any atom is 0.322 e. The summed E-state index contributed by atoms with van der Waals surface area (Å²) in [6.07, 6.45) is 0. The molecule has 11 heteroatoms. The molecule has 2 aromatic carbocycles. The van der Waals surface area contributed by atoms with Gasteiger partial charge in [0.25, 0.3) is 11.5 Å². The molecule has 4 rings (SSSR count). The Bertz CT molecular complexity index is 1410. The van der Waals surface area contributed by atoms with E-state index < -0.39 is 41.1 Å². The second-order valence-electron chi connectivity index (χ2n) is 6.67. The van der Waals surface area contributed by atoms with Crippen LogP contribution >= 0.6 is 11.6 Å². The van der Waals surface area contributed by atoms with Crippen LogP contribution in [0.3, 0.4) is 0 Å². The Kier molecular flexibility index (Phi) is 5.07. The van der Waals surface area contributed by atoms with E-state index in [0.717, 1.165) is 10.7 Å². The molecule has 31 heavy (non-hydrogen) atoms. The minimum absolute atomic E-state index is 0.0329. The maximum absolute atomic E-state index is 13.7. The van der Waals surface area contributed by atoms with Crippen LogP contribution in [-0.2, 0) is 11.3 Å². The van der Waals surface area contributed by atoms with E-state index in [9.17, 15) is 23.9 Å². The number of carbonyl (C=O) groups excluding carboxylic acids is 1. The number of nitrogens with zero attached hydrogens (tertiary/aromatic N) is 3. The molecule has 9 nitrogen and oxygen atoms in total. The number of aliphatic carboxylic acids is 1. The second kappa shape index (κ2) is 7.73. The number of imidazole rings is 1. The largest absolute Gasteiger partial charge is 0.504 e. The van der Waals surface area contributed by atoms with Crippen molar-refractivity contribution in [3.63, 3.8) is 0 Å². The second-order valence-corrected chi connectivity index (χ2v) is 7.11. The number of benzene rings is 2. The van der Waals surface area contributed by atoms with Gasteiger partial charge in [0, 0.05) is 11.1 Å². The van der Waals surface area contributed by atoms with Gasteiger partial charge in [0.1, 0.15) is 12.4 Å². The van der Waals surface area contributed by atoms with E-state index >= 15 is 0 Å². The normalized spacial score (nSPS) is 11.2. The Hall–Kier alpha value is -3.92. The van der Waals surface area contributed by atoms with Crippen LogP contribution in [0.5, 0.6) is 5.75 Å². The smallest absolute Gasteiger partial charge is 0.322 e. The Morgan fingerprint density at radius 1 is 1.16 bits per heavy atom. The molecule has 1 amide bonds. The molecule has 0 bridgehead atoms. The van der Waals surface area contributed by atoms with Gasteiger partial charge in [-0.3, -0.25) is 14.4 Å². The molecule has 0 unspecified atom stereocenters. The molecule has 0 aliphatic rings. The fourth-order valence-corrected chi connectivity index (χ4v) is 3.35. The van der Waals surface area contributed by atoms with Crippen molar-refractivity contribution in [2.75, 3.05) is 6.54 Å². The molecule has 0 aliphatic heterocycles. The van der Waals surface area contributed by atoms with Crippen molar-refractivity contribution in [3.8, 4) is 5.75 Å². The summed E-state index contributed by atoms with van der Waals surface area (Å²) in [5, 5.41) is 22.0. The first-order valence-electron chi connectivity index (χ1n) is 8.94. The van der Waals surface area contributed by atoms with Crippen LogP contribution in [-0.4, -0.2) is 42.8 Å². The minimum atomic E-state index is -1.32. The van der Waals surface area contributed by atoms with Gasteiger partial charge >= 0.3 is 5.97 Å². The van der Waals surface area contributed by atoms with Crippen molar-refractivity contribution in [1.82, 2.24) is 19.5 Å². The molecule has 0 radical (unpaired) electrons. The van der Waals surface area contributed by atoms with Crippen LogP contribution in [0.25, 0.3) is 16.7 Å². The highest BCUT2D eigenvalue weighted by Crippen LogP contribution is 2.26. The molecule has 2 heterocycles. The monoisotopic (exact) mass is 444 g/mol. The summed E-state index contributed by atoms with van der Waals surface area (Å²) in [5.41, 5.74) is -0.572. The molecule has 0 atom stereocenters. The fraction of sp³-hybridized carbons (Fsp3) is 0.100. The zero-order chi connectivity index (χ0) is 22.3. The number of halogens is 2. The lowest BCUT2D eigenvalue weighted by Gasteiger charge is -2.14. The Labute approximate surface area is 177 Å². The zero-order valence-corrected chi connectivity index (χ0v) is 16.4. The number of carboxylic acids is 1. The number of hydrogen-bond acceptors (Lipinski definition) is 5. The first-order chi connectivity index (χ1) is 14.8. The van der Waals surface area contributed by atoms with Crippen LogP contribution in [0, 0.1) is 5.82 Å². The van der Waals surface area contributed by atoms with Crippen molar-refractivity contribution in [3.05, 3.63) is 74.8 Å². The van der Waals surface area contributed by atoms with E-state index in [1.54, 1.807) is 24.3 Å². The number of aromatic hydroxyl groups is 1.